The highest BCUT2D eigenvalue weighted by Gasteiger charge is 2.28. The van der Waals surface area contributed by atoms with Gasteiger partial charge in [-0.3, -0.25) is 0 Å². The maximum absolute atomic E-state index is 4.80. The Bertz CT molecular complexity index is 626. The molecule has 0 aliphatic carbocycles. The average molecular weight is 304 g/mol. The van der Waals surface area contributed by atoms with Crippen LogP contribution in [0.3, 0.4) is 0 Å². The number of aromatic nitrogens is 2. The van der Waals surface area contributed by atoms with Crippen LogP contribution in [0.15, 0.2) is 6.07 Å². The first kappa shape index (κ1) is 14.6. The van der Waals surface area contributed by atoms with Crippen LogP contribution in [0, 0.1) is 11.8 Å². The van der Waals surface area contributed by atoms with E-state index < -0.39 is 0 Å². The maximum Gasteiger partial charge on any atom is 0.226 e. The van der Waals surface area contributed by atoms with Crippen LogP contribution in [0.5, 0.6) is 0 Å². The molecule has 0 amide bonds. The van der Waals surface area contributed by atoms with Gasteiger partial charge in [-0.25, -0.2) is 4.98 Å². The van der Waals surface area contributed by atoms with Gasteiger partial charge in [-0.1, -0.05) is 20.8 Å². The number of rotatable bonds is 4. The molecule has 0 aromatic carbocycles. The first-order chi connectivity index (χ1) is 10.1. The summed E-state index contributed by atoms with van der Waals surface area (Å²) >= 11 is 1.79. The van der Waals surface area contributed by atoms with Crippen molar-refractivity contribution in [2.75, 3.05) is 29.9 Å². The van der Waals surface area contributed by atoms with E-state index in [-0.39, 0.29) is 0 Å². The molecule has 2 atom stereocenters. The molecular weight excluding hydrogens is 280 g/mol. The lowest BCUT2D eigenvalue weighted by atomic mass is 10.0. The van der Waals surface area contributed by atoms with Crippen molar-refractivity contribution >= 4 is 33.3 Å². The molecule has 3 rings (SSSR count). The molecule has 5 heteroatoms. The van der Waals surface area contributed by atoms with Crippen LogP contribution in [0.4, 0.5) is 11.8 Å². The first-order valence-electron chi connectivity index (χ1n) is 7.91. The van der Waals surface area contributed by atoms with Gasteiger partial charge in [-0.05, 0) is 31.2 Å². The van der Waals surface area contributed by atoms with Crippen molar-refractivity contribution in [3.63, 3.8) is 0 Å². The second kappa shape index (κ2) is 5.79. The Morgan fingerprint density at radius 2 is 1.95 bits per heavy atom. The van der Waals surface area contributed by atoms with Crippen LogP contribution in [0.25, 0.3) is 10.2 Å². The lowest BCUT2D eigenvalue weighted by Crippen LogP contribution is -2.21. The van der Waals surface area contributed by atoms with Gasteiger partial charge in [0.2, 0.25) is 5.95 Å². The standard InChI is InChI=1S/C16H24N4S/c1-5-12-7-13-14(20-8-10(3)11(4)9-20)18-16(17-6-2)19-15(13)21-12/h7,10-11H,5-6,8-9H2,1-4H3,(H,17,18,19). The van der Waals surface area contributed by atoms with Crippen molar-refractivity contribution in [1.82, 2.24) is 9.97 Å². The summed E-state index contributed by atoms with van der Waals surface area (Å²) in [6.07, 6.45) is 1.06. The number of thiophene rings is 1. The molecule has 0 spiro atoms. The third-order valence-electron chi connectivity index (χ3n) is 4.39. The molecule has 21 heavy (non-hydrogen) atoms. The van der Waals surface area contributed by atoms with Crippen molar-refractivity contribution in [1.29, 1.82) is 0 Å². The van der Waals surface area contributed by atoms with Crippen LogP contribution in [0.2, 0.25) is 0 Å². The van der Waals surface area contributed by atoms with Crippen molar-refractivity contribution in [2.45, 2.75) is 34.1 Å². The van der Waals surface area contributed by atoms with Crippen LogP contribution < -0.4 is 10.2 Å². The van der Waals surface area contributed by atoms with E-state index in [0.717, 1.165) is 54.5 Å². The Morgan fingerprint density at radius 3 is 2.57 bits per heavy atom. The molecule has 4 nitrogen and oxygen atoms in total. The predicted molar refractivity (Wildman–Crippen MR) is 91.5 cm³/mol. The van der Waals surface area contributed by atoms with E-state index in [4.69, 9.17) is 4.98 Å². The fourth-order valence-corrected chi connectivity index (χ4v) is 3.87. The van der Waals surface area contributed by atoms with Crippen LogP contribution in [0.1, 0.15) is 32.6 Å². The Balaban J connectivity index is 2.07. The fourth-order valence-electron chi connectivity index (χ4n) is 2.91. The molecule has 0 bridgehead atoms. The Kier molecular flexibility index (Phi) is 4.02. The highest BCUT2D eigenvalue weighted by Crippen LogP contribution is 2.35. The molecule has 0 saturated carbocycles. The molecule has 1 saturated heterocycles. The van der Waals surface area contributed by atoms with E-state index in [0.29, 0.717) is 0 Å². The average Bonchev–Trinajstić information content (AvgIpc) is 3.02. The number of nitrogens with one attached hydrogen (secondary N) is 1. The lowest BCUT2D eigenvalue weighted by Gasteiger charge is -2.19. The van der Waals surface area contributed by atoms with Crippen molar-refractivity contribution < 1.29 is 0 Å². The molecular formula is C16H24N4S. The quantitative estimate of drug-likeness (QED) is 0.933. The second-order valence-corrected chi connectivity index (χ2v) is 7.16. The van der Waals surface area contributed by atoms with E-state index in [1.807, 2.05) is 0 Å². The third-order valence-corrected chi connectivity index (χ3v) is 5.57. The number of hydrogen-bond acceptors (Lipinski definition) is 5. The minimum absolute atomic E-state index is 0.724. The molecule has 114 valence electrons. The molecule has 3 heterocycles. The maximum atomic E-state index is 4.80. The van der Waals surface area contributed by atoms with Gasteiger partial charge in [0.1, 0.15) is 10.6 Å². The van der Waals surface area contributed by atoms with Gasteiger partial charge in [0.05, 0.1) is 5.39 Å². The van der Waals surface area contributed by atoms with E-state index >= 15 is 0 Å². The number of aryl methyl sites for hydroxylation is 1. The second-order valence-electron chi connectivity index (χ2n) is 6.05. The summed E-state index contributed by atoms with van der Waals surface area (Å²) in [6, 6.07) is 2.28. The monoisotopic (exact) mass is 304 g/mol. The van der Waals surface area contributed by atoms with Gasteiger partial charge < -0.3 is 10.2 Å². The summed E-state index contributed by atoms with van der Waals surface area (Å²) < 4.78 is 0. The summed E-state index contributed by atoms with van der Waals surface area (Å²) in [5.74, 6) is 3.32. The number of fused-ring (bicyclic) bond motifs is 1. The minimum Gasteiger partial charge on any atom is -0.355 e. The van der Waals surface area contributed by atoms with Gasteiger partial charge in [0.15, 0.2) is 0 Å². The molecule has 1 aliphatic rings. The Morgan fingerprint density at radius 1 is 1.24 bits per heavy atom. The Labute approximate surface area is 130 Å². The predicted octanol–water partition coefficient (Wildman–Crippen LogP) is 3.78. The molecule has 1 fully saturated rings. The summed E-state index contributed by atoms with van der Waals surface area (Å²) in [6.45, 7) is 12.0. The van der Waals surface area contributed by atoms with E-state index in [1.54, 1.807) is 11.3 Å². The molecule has 2 unspecified atom stereocenters. The first-order valence-corrected chi connectivity index (χ1v) is 8.73. The number of nitrogens with zero attached hydrogens (tertiary/aromatic N) is 3. The van der Waals surface area contributed by atoms with Crippen molar-refractivity contribution in [3.8, 4) is 0 Å². The van der Waals surface area contributed by atoms with E-state index in [9.17, 15) is 0 Å². The van der Waals surface area contributed by atoms with Gasteiger partial charge in [0.25, 0.3) is 0 Å². The zero-order valence-electron chi connectivity index (χ0n) is 13.3. The smallest absolute Gasteiger partial charge is 0.226 e. The summed E-state index contributed by atoms with van der Waals surface area (Å²) in [5, 5.41) is 4.49. The summed E-state index contributed by atoms with van der Waals surface area (Å²) in [4.78, 5) is 14.4. The minimum atomic E-state index is 0.724. The highest BCUT2D eigenvalue weighted by atomic mass is 32.1. The number of anilines is 2. The van der Waals surface area contributed by atoms with Gasteiger partial charge >= 0.3 is 0 Å². The molecule has 1 aliphatic heterocycles. The van der Waals surface area contributed by atoms with Gasteiger partial charge in [0, 0.05) is 24.5 Å². The summed E-state index contributed by atoms with van der Waals surface area (Å²) in [7, 11) is 0. The largest absolute Gasteiger partial charge is 0.355 e. The van der Waals surface area contributed by atoms with Crippen molar-refractivity contribution in [3.05, 3.63) is 10.9 Å². The molecule has 1 N–H and O–H groups in total. The normalized spacial score (nSPS) is 22.2. The summed E-state index contributed by atoms with van der Waals surface area (Å²) in [5.41, 5.74) is 0. The third kappa shape index (κ3) is 2.71. The SMILES string of the molecule is CCNc1nc(N2CC(C)C(C)C2)c2cc(CC)sc2n1. The topological polar surface area (TPSA) is 41.1 Å². The van der Waals surface area contributed by atoms with E-state index in [1.165, 1.54) is 10.3 Å². The number of hydrogen-bond donors (Lipinski definition) is 1. The van der Waals surface area contributed by atoms with E-state index in [2.05, 4.69) is 49.0 Å². The van der Waals surface area contributed by atoms with Gasteiger partial charge in [-0.15, -0.1) is 11.3 Å². The molecule has 2 aromatic heterocycles. The highest BCUT2D eigenvalue weighted by molar-refractivity contribution is 7.18. The van der Waals surface area contributed by atoms with Crippen LogP contribution in [-0.2, 0) is 6.42 Å². The van der Waals surface area contributed by atoms with Gasteiger partial charge in [-0.2, -0.15) is 4.98 Å². The van der Waals surface area contributed by atoms with Crippen LogP contribution in [-0.4, -0.2) is 29.6 Å². The Hall–Kier alpha value is -1.36. The zero-order valence-corrected chi connectivity index (χ0v) is 14.1. The van der Waals surface area contributed by atoms with Crippen LogP contribution >= 0.6 is 11.3 Å². The molecule has 0 radical (unpaired) electrons. The fraction of sp³-hybridized carbons (Fsp3) is 0.625. The lowest BCUT2D eigenvalue weighted by molar-refractivity contribution is 0.494. The molecule has 2 aromatic rings. The zero-order chi connectivity index (χ0) is 15.0. The van der Waals surface area contributed by atoms with Crippen molar-refractivity contribution in [2.24, 2.45) is 11.8 Å².